The van der Waals surface area contributed by atoms with Gasteiger partial charge in [-0.25, -0.2) is 8.42 Å². The molecular formula is C28H41N3O5S. The highest BCUT2D eigenvalue weighted by molar-refractivity contribution is 7.92. The van der Waals surface area contributed by atoms with E-state index in [9.17, 15) is 18.0 Å². The third kappa shape index (κ3) is 9.72. The van der Waals surface area contributed by atoms with Gasteiger partial charge >= 0.3 is 0 Å². The molecule has 0 aliphatic heterocycles. The quantitative estimate of drug-likeness (QED) is 0.441. The van der Waals surface area contributed by atoms with E-state index in [1.165, 1.54) is 4.31 Å². The third-order valence-corrected chi connectivity index (χ3v) is 6.88. The lowest BCUT2D eigenvalue weighted by Gasteiger charge is -2.32. The van der Waals surface area contributed by atoms with Crippen molar-refractivity contribution in [2.75, 3.05) is 23.7 Å². The second kappa shape index (κ2) is 12.9. The predicted octanol–water partition coefficient (Wildman–Crippen LogP) is 4.27. The van der Waals surface area contributed by atoms with Crippen LogP contribution < -0.4 is 14.4 Å². The van der Waals surface area contributed by atoms with E-state index in [0.717, 1.165) is 17.4 Å². The maximum Gasteiger partial charge on any atom is 0.242 e. The molecule has 8 nitrogen and oxygen atoms in total. The first-order valence-electron chi connectivity index (χ1n) is 12.6. The van der Waals surface area contributed by atoms with Crippen molar-refractivity contribution < 1.29 is 22.7 Å². The van der Waals surface area contributed by atoms with Gasteiger partial charge in [0.1, 0.15) is 11.8 Å². The zero-order valence-electron chi connectivity index (χ0n) is 23.1. The maximum absolute atomic E-state index is 13.4. The fraction of sp³-hybridized carbons (Fsp3) is 0.500. The van der Waals surface area contributed by atoms with Gasteiger partial charge in [0.2, 0.25) is 21.8 Å². The lowest BCUT2D eigenvalue weighted by Crippen LogP contribution is -2.52. The number of nitrogens with one attached hydrogen (secondary N) is 1. The first kappa shape index (κ1) is 30.2. The molecule has 1 unspecified atom stereocenters. The summed E-state index contributed by atoms with van der Waals surface area (Å²) in [6, 6.07) is 14.0. The van der Waals surface area contributed by atoms with E-state index in [0.29, 0.717) is 24.5 Å². The number of amides is 2. The van der Waals surface area contributed by atoms with Crippen molar-refractivity contribution in [3.05, 3.63) is 59.7 Å². The van der Waals surface area contributed by atoms with Crippen LogP contribution in [0.1, 0.15) is 58.6 Å². The van der Waals surface area contributed by atoms with Crippen molar-refractivity contribution in [2.45, 2.75) is 72.5 Å². The molecule has 0 aromatic heterocycles. The summed E-state index contributed by atoms with van der Waals surface area (Å²) >= 11 is 0. The number of nitrogens with zero attached hydrogens (tertiary/aromatic N) is 2. The van der Waals surface area contributed by atoms with Crippen molar-refractivity contribution in [3.8, 4) is 5.75 Å². The standard InChI is InChI=1S/C28H41N3O5S/c1-8-36-25-16-14-24(15-17-25)31(37(7,34)35)18-10-13-26(32)30(20-23-12-9-11-21(2)19-23)22(3)27(33)29-28(4,5)6/h9,11-12,14-17,19,22H,8,10,13,18,20H2,1-7H3,(H,29,33). The summed E-state index contributed by atoms with van der Waals surface area (Å²) < 4.78 is 31.7. The molecule has 0 spiro atoms. The van der Waals surface area contributed by atoms with Crippen molar-refractivity contribution in [2.24, 2.45) is 0 Å². The van der Waals surface area contributed by atoms with Crippen LogP contribution in [0.15, 0.2) is 48.5 Å². The van der Waals surface area contributed by atoms with Gasteiger partial charge < -0.3 is 15.0 Å². The molecule has 0 aliphatic rings. The van der Waals surface area contributed by atoms with Crippen LogP contribution in [0.3, 0.4) is 0 Å². The number of ether oxygens (including phenoxy) is 1. The second-order valence-electron chi connectivity index (χ2n) is 10.3. The number of sulfonamides is 1. The number of anilines is 1. The molecule has 0 radical (unpaired) electrons. The highest BCUT2D eigenvalue weighted by Gasteiger charge is 2.28. The van der Waals surface area contributed by atoms with Crippen LogP contribution in [0.25, 0.3) is 0 Å². The number of carbonyl (C=O) groups is 2. The Morgan fingerprint density at radius 3 is 2.27 bits per heavy atom. The van der Waals surface area contributed by atoms with Gasteiger partial charge in [0, 0.05) is 25.0 Å². The van der Waals surface area contributed by atoms with Crippen LogP contribution in [0.4, 0.5) is 5.69 Å². The summed E-state index contributed by atoms with van der Waals surface area (Å²) in [6.07, 6.45) is 1.55. The number of benzene rings is 2. The Balaban J connectivity index is 2.18. The van der Waals surface area contributed by atoms with Crippen LogP contribution in [-0.2, 0) is 26.2 Å². The van der Waals surface area contributed by atoms with E-state index < -0.39 is 21.6 Å². The van der Waals surface area contributed by atoms with Gasteiger partial charge in [0.15, 0.2) is 0 Å². The van der Waals surface area contributed by atoms with Gasteiger partial charge in [-0.3, -0.25) is 13.9 Å². The zero-order chi connectivity index (χ0) is 27.8. The molecule has 0 fully saturated rings. The first-order chi connectivity index (χ1) is 17.2. The predicted molar refractivity (Wildman–Crippen MR) is 148 cm³/mol. The highest BCUT2D eigenvalue weighted by Crippen LogP contribution is 2.23. The molecule has 2 aromatic carbocycles. The van der Waals surface area contributed by atoms with E-state index in [4.69, 9.17) is 4.74 Å². The molecule has 0 saturated carbocycles. The topological polar surface area (TPSA) is 96.0 Å². The molecule has 37 heavy (non-hydrogen) atoms. The van der Waals surface area contributed by atoms with Crippen molar-refractivity contribution in [3.63, 3.8) is 0 Å². The van der Waals surface area contributed by atoms with E-state index in [1.54, 1.807) is 36.1 Å². The molecule has 2 amide bonds. The summed E-state index contributed by atoms with van der Waals surface area (Å²) in [5, 5.41) is 2.95. The Morgan fingerprint density at radius 2 is 1.73 bits per heavy atom. The van der Waals surface area contributed by atoms with Gasteiger partial charge in [-0.15, -0.1) is 0 Å². The normalized spacial score (nSPS) is 12.5. The number of aryl methyl sites for hydroxylation is 1. The van der Waals surface area contributed by atoms with Gasteiger partial charge in [-0.2, -0.15) is 0 Å². The van der Waals surface area contributed by atoms with Crippen molar-refractivity contribution in [1.29, 1.82) is 0 Å². The minimum atomic E-state index is -3.56. The van der Waals surface area contributed by atoms with Gasteiger partial charge in [0.05, 0.1) is 18.6 Å². The lowest BCUT2D eigenvalue weighted by atomic mass is 10.1. The van der Waals surface area contributed by atoms with Crippen LogP contribution in [0.2, 0.25) is 0 Å². The minimum absolute atomic E-state index is 0.0992. The average molecular weight is 532 g/mol. The van der Waals surface area contributed by atoms with Crippen molar-refractivity contribution in [1.82, 2.24) is 10.2 Å². The Hall–Kier alpha value is -3.07. The number of hydrogen-bond donors (Lipinski definition) is 1. The average Bonchev–Trinajstić information content (AvgIpc) is 2.79. The number of rotatable bonds is 12. The smallest absolute Gasteiger partial charge is 0.242 e. The first-order valence-corrected chi connectivity index (χ1v) is 14.4. The lowest BCUT2D eigenvalue weighted by molar-refractivity contribution is -0.141. The Morgan fingerprint density at radius 1 is 1.08 bits per heavy atom. The molecule has 2 rings (SSSR count). The van der Waals surface area contributed by atoms with Crippen LogP contribution in [-0.4, -0.2) is 56.1 Å². The molecule has 1 atom stereocenters. The Bertz CT molecular complexity index is 1160. The molecule has 0 aliphatic carbocycles. The fourth-order valence-corrected chi connectivity index (χ4v) is 4.91. The van der Waals surface area contributed by atoms with Crippen LogP contribution in [0.5, 0.6) is 5.75 Å². The summed E-state index contributed by atoms with van der Waals surface area (Å²) in [5.41, 5.74) is 2.07. The molecule has 9 heteroatoms. The SMILES string of the molecule is CCOc1ccc(N(CCCC(=O)N(Cc2cccc(C)c2)C(C)C(=O)NC(C)(C)C)S(C)(=O)=O)cc1. The highest BCUT2D eigenvalue weighted by atomic mass is 32.2. The zero-order valence-corrected chi connectivity index (χ0v) is 23.9. The second-order valence-corrected chi connectivity index (χ2v) is 12.2. The molecule has 0 bridgehead atoms. The molecular weight excluding hydrogens is 490 g/mol. The maximum atomic E-state index is 13.4. The van der Waals surface area contributed by atoms with Gasteiger partial charge in [0.25, 0.3) is 0 Å². The molecule has 0 saturated heterocycles. The summed E-state index contributed by atoms with van der Waals surface area (Å²) in [7, 11) is -3.56. The summed E-state index contributed by atoms with van der Waals surface area (Å²) in [5.74, 6) is 0.211. The van der Waals surface area contributed by atoms with Crippen molar-refractivity contribution >= 4 is 27.5 Å². The monoisotopic (exact) mass is 531 g/mol. The number of carbonyl (C=O) groups excluding carboxylic acids is 2. The van der Waals surface area contributed by atoms with Gasteiger partial charge in [-0.1, -0.05) is 29.8 Å². The van der Waals surface area contributed by atoms with Crippen LogP contribution in [0, 0.1) is 6.92 Å². The van der Waals surface area contributed by atoms with E-state index in [2.05, 4.69) is 5.32 Å². The number of hydrogen-bond acceptors (Lipinski definition) is 5. The Kier molecular flexibility index (Phi) is 10.5. The minimum Gasteiger partial charge on any atom is -0.494 e. The Labute approximate surface area is 222 Å². The molecule has 0 heterocycles. The summed E-state index contributed by atoms with van der Waals surface area (Å²) in [6.45, 7) is 12.2. The van der Waals surface area contributed by atoms with E-state index in [-0.39, 0.29) is 31.3 Å². The molecule has 1 N–H and O–H groups in total. The fourth-order valence-electron chi connectivity index (χ4n) is 3.94. The summed E-state index contributed by atoms with van der Waals surface area (Å²) in [4.78, 5) is 27.9. The van der Waals surface area contributed by atoms with Crippen LogP contribution >= 0.6 is 0 Å². The van der Waals surface area contributed by atoms with E-state index >= 15 is 0 Å². The van der Waals surface area contributed by atoms with Gasteiger partial charge in [-0.05, 0) is 77.8 Å². The third-order valence-electron chi connectivity index (χ3n) is 5.69. The largest absolute Gasteiger partial charge is 0.494 e. The van der Waals surface area contributed by atoms with E-state index in [1.807, 2.05) is 58.9 Å². The molecule has 204 valence electrons. The molecule has 2 aromatic rings.